The van der Waals surface area contributed by atoms with Crippen molar-refractivity contribution in [2.45, 2.75) is 51.9 Å². The Balaban J connectivity index is 2.63. The molecule has 0 aromatic heterocycles. The van der Waals surface area contributed by atoms with Gasteiger partial charge in [-0.2, -0.15) is 0 Å². The summed E-state index contributed by atoms with van der Waals surface area (Å²) >= 11 is 0. The molecule has 23 heavy (non-hydrogen) atoms. The summed E-state index contributed by atoms with van der Waals surface area (Å²) in [4.78, 5) is 22.8. The van der Waals surface area contributed by atoms with E-state index in [9.17, 15) is 19.8 Å². The molecule has 7 nitrogen and oxygen atoms in total. The van der Waals surface area contributed by atoms with Crippen LogP contribution in [0.2, 0.25) is 0 Å². The maximum Gasteiger partial charge on any atom is 0.453 e. The SMILES string of the molecule is CCc1cc2c(c(CC)c1C[C@@H](C)N)OC(C(=O)O)(C(=O)O)O2. The normalized spacial score (nSPS) is 16.2. The molecule has 2 rings (SSSR count). The Hall–Kier alpha value is -2.28. The van der Waals surface area contributed by atoms with Gasteiger partial charge in [0.2, 0.25) is 0 Å². The molecular formula is C16H21NO6. The molecule has 7 heteroatoms. The summed E-state index contributed by atoms with van der Waals surface area (Å²) in [5.74, 6) is -5.79. The molecule has 0 bridgehead atoms. The topological polar surface area (TPSA) is 119 Å². The van der Waals surface area contributed by atoms with Gasteiger partial charge >= 0.3 is 17.7 Å². The van der Waals surface area contributed by atoms with Gasteiger partial charge < -0.3 is 25.4 Å². The summed E-state index contributed by atoms with van der Waals surface area (Å²) < 4.78 is 10.5. The Bertz CT molecular complexity index is 638. The van der Waals surface area contributed by atoms with E-state index in [2.05, 4.69) is 0 Å². The van der Waals surface area contributed by atoms with Gasteiger partial charge in [0.15, 0.2) is 11.5 Å². The summed E-state index contributed by atoms with van der Waals surface area (Å²) in [6.45, 7) is 5.73. The van der Waals surface area contributed by atoms with E-state index in [1.165, 1.54) is 0 Å². The lowest BCUT2D eigenvalue weighted by molar-refractivity contribution is -0.194. The lowest BCUT2D eigenvalue weighted by atomic mass is 9.92. The van der Waals surface area contributed by atoms with E-state index in [0.29, 0.717) is 19.3 Å². The second-order valence-electron chi connectivity index (χ2n) is 5.64. The fourth-order valence-corrected chi connectivity index (χ4v) is 2.83. The number of nitrogens with two attached hydrogens (primary N) is 1. The molecule has 0 radical (unpaired) electrons. The number of carboxylic acids is 2. The van der Waals surface area contributed by atoms with E-state index in [1.54, 1.807) is 6.07 Å². The number of aliphatic carboxylic acids is 2. The first-order valence-corrected chi connectivity index (χ1v) is 7.54. The van der Waals surface area contributed by atoms with Gasteiger partial charge in [0.05, 0.1) is 0 Å². The van der Waals surface area contributed by atoms with Crippen LogP contribution in [0.4, 0.5) is 0 Å². The average Bonchev–Trinajstić information content (AvgIpc) is 2.86. The van der Waals surface area contributed by atoms with Crippen molar-refractivity contribution in [3.05, 3.63) is 22.8 Å². The summed E-state index contributed by atoms with van der Waals surface area (Å²) in [6.07, 6.45) is 1.84. The average molecular weight is 323 g/mol. The fourth-order valence-electron chi connectivity index (χ4n) is 2.83. The van der Waals surface area contributed by atoms with Gasteiger partial charge in [0.25, 0.3) is 0 Å². The minimum atomic E-state index is -2.73. The Morgan fingerprint density at radius 2 is 1.78 bits per heavy atom. The van der Waals surface area contributed by atoms with Crippen LogP contribution in [0.3, 0.4) is 0 Å². The first-order chi connectivity index (χ1) is 10.8. The second kappa shape index (κ2) is 6.08. The van der Waals surface area contributed by atoms with E-state index in [0.717, 1.165) is 16.7 Å². The number of carbonyl (C=O) groups is 2. The molecule has 1 aromatic rings. The van der Waals surface area contributed by atoms with Crippen LogP contribution >= 0.6 is 0 Å². The molecule has 1 aromatic carbocycles. The molecule has 0 unspecified atom stereocenters. The summed E-state index contributed by atoms with van der Waals surface area (Å²) in [5, 5.41) is 18.5. The van der Waals surface area contributed by atoms with Crippen molar-refractivity contribution in [1.29, 1.82) is 0 Å². The summed E-state index contributed by atoms with van der Waals surface area (Å²) in [7, 11) is 0. The lowest BCUT2D eigenvalue weighted by Gasteiger charge is -2.18. The maximum absolute atomic E-state index is 11.4. The molecule has 126 valence electrons. The van der Waals surface area contributed by atoms with E-state index < -0.39 is 17.7 Å². The van der Waals surface area contributed by atoms with E-state index in [-0.39, 0.29) is 17.5 Å². The van der Waals surface area contributed by atoms with Gasteiger partial charge in [-0.05, 0) is 43.4 Å². The zero-order valence-electron chi connectivity index (χ0n) is 13.4. The smallest absolute Gasteiger partial charge is 0.453 e. The highest BCUT2D eigenvalue weighted by Crippen LogP contribution is 2.45. The van der Waals surface area contributed by atoms with Crippen molar-refractivity contribution >= 4 is 11.9 Å². The predicted octanol–water partition coefficient (Wildman–Crippen LogP) is 1.34. The Morgan fingerprint density at radius 3 is 2.22 bits per heavy atom. The summed E-state index contributed by atoms with van der Waals surface area (Å²) in [6, 6.07) is 1.56. The van der Waals surface area contributed by atoms with Gasteiger partial charge in [-0.15, -0.1) is 0 Å². The van der Waals surface area contributed by atoms with Crippen molar-refractivity contribution in [3.8, 4) is 11.5 Å². The van der Waals surface area contributed by atoms with Crippen LogP contribution in [-0.4, -0.2) is 34.0 Å². The van der Waals surface area contributed by atoms with Gasteiger partial charge in [0, 0.05) is 11.6 Å². The van der Waals surface area contributed by atoms with Crippen LogP contribution in [0.5, 0.6) is 11.5 Å². The number of rotatable bonds is 6. The maximum atomic E-state index is 11.4. The van der Waals surface area contributed by atoms with Crippen molar-refractivity contribution in [1.82, 2.24) is 0 Å². The van der Waals surface area contributed by atoms with Crippen LogP contribution in [-0.2, 0) is 28.9 Å². The molecule has 0 aliphatic carbocycles. The van der Waals surface area contributed by atoms with Crippen molar-refractivity contribution in [2.24, 2.45) is 5.73 Å². The zero-order chi connectivity index (χ0) is 17.4. The molecular weight excluding hydrogens is 302 g/mol. The van der Waals surface area contributed by atoms with Crippen molar-refractivity contribution in [3.63, 3.8) is 0 Å². The minimum absolute atomic E-state index is 0.0883. The third-order valence-corrected chi connectivity index (χ3v) is 3.88. The number of aryl methyl sites for hydroxylation is 1. The fraction of sp³-hybridized carbons (Fsp3) is 0.500. The number of hydrogen-bond donors (Lipinski definition) is 3. The van der Waals surface area contributed by atoms with Crippen LogP contribution in [0.25, 0.3) is 0 Å². The number of carboxylic acid groups (broad SMARTS) is 2. The number of hydrogen-bond acceptors (Lipinski definition) is 5. The zero-order valence-corrected chi connectivity index (χ0v) is 13.4. The van der Waals surface area contributed by atoms with E-state index in [4.69, 9.17) is 15.2 Å². The predicted molar refractivity (Wildman–Crippen MR) is 81.8 cm³/mol. The molecule has 0 spiro atoms. The highest BCUT2D eigenvalue weighted by Gasteiger charge is 2.58. The van der Waals surface area contributed by atoms with Crippen LogP contribution in [0.15, 0.2) is 6.07 Å². The highest BCUT2D eigenvalue weighted by molar-refractivity contribution is 6.01. The Morgan fingerprint density at radius 1 is 1.17 bits per heavy atom. The minimum Gasteiger partial charge on any atom is -0.475 e. The Labute approximate surface area is 134 Å². The molecule has 1 heterocycles. The Kier molecular flexibility index (Phi) is 4.51. The van der Waals surface area contributed by atoms with E-state index >= 15 is 0 Å². The highest BCUT2D eigenvalue weighted by atomic mass is 16.8. The standard InChI is InChI=1S/C16H21NO6/c1-4-9-7-12-13(10(5-2)11(9)6-8(3)17)23-16(22-12,14(18)19)15(20)21/h7-8H,4-6,17H2,1-3H3,(H,18,19)(H,20,21)/t8-/m1/s1. The van der Waals surface area contributed by atoms with Crippen LogP contribution in [0, 0.1) is 0 Å². The third kappa shape index (κ3) is 2.72. The molecule has 1 atom stereocenters. The number of benzene rings is 1. The first-order valence-electron chi connectivity index (χ1n) is 7.54. The molecule has 1 aliphatic rings. The molecule has 0 fully saturated rings. The van der Waals surface area contributed by atoms with Crippen molar-refractivity contribution < 1.29 is 29.3 Å². The van der Waals surface area contributed by atoms with Gasteiger partial charge in [0.1, 0.15) is 0 Å². The van der Waals surface area contributed by atoms with Gasteiger partial charge in [-0.25, -0.2) is 9.59 Å². The monoisotopic (exact) mass is 323 g/mol. The van der Waals surface area contributed by atoms with Gasteiger partial charge in [-0.3, -0.25) is 0 Å². The van der Waals surface area contributed by atoms with Crippen LogP contribution in [0.1, 0.15) is 37.5 Å². The molecule has 0 saturated heterocycles. The summed E-state index contributed by atoms with van der Waals surface area (Å²) in [5.41, 5.74) is 8.58. The third-order valence-electron chi connectivity index (χ3n) is 3.88. The number of ether oxygens (including phenoxy) is 2. The quantitative estimate of drug-likeness (QED) is 0.676. The molecule has 4 N–H and O–H groups in total. The lowest BCUT2D eigenvalue weighted by Crippen LogP contribution is -2.54. The van der Waals surface area contributed by atoms with Gasteiger partial charge in [-0.1, -0.05) is 13.8 Å². The largest absolute Gasteiger partial charge is 0.475 e. The van der Waals surface area contributed by atoms with E-state index in [1.807, 2.05) is 20.8 Å². The molecule has 1 aliphatic heterocycles. The van der Waals surface area contributed by atoms with Crippen LogP contribution < -0.4 is 15.2 Å². The number of fused-ring (bicyclic) bond motifs is 1. The van der Waals surface area contributed by atoms with Crippen molar-refractivity contribution in [2.75, 3.05) is 0 Å². The second-order valence-corrected chi connectivity index (χ2v) is 5.64. The first kappa shape index (κ1) is 17.1. The molecule has 0 saturated carbocycles. The molecule has 0 amide bonds.